The van der Waals surface area contributed by atoms with E-state index in [-0.39, 0.29) is 12.0 Å². The van der Waals surface area contributed by atoms with Gasteiger partial charge in [-0.05, 0) is 56.5 Å². The fourth-order valence-electron chi connectivity index (χ4n) is 2.49. The van der Waals surface area contributed by atoms with E-state index in [0.29, 0.717) is 30.3 Å². The number of anilines is 1. The van der Waals surface area contributed by atoms with Gasteiger partial charge in [0.1, 0.15) is 0 Å². The molecule has 126 valence electrons. The van der Waals surface area contributed by atoms with E-state index < -0.39 is 0 Å². The zero-order chi connectivity index (χ0) is 16.7. The van der Waals surface area contributed by atoms with Gasteiger partial charge in [-0.15, -0.1) is 0 Å². The number of hydrogen-bond donors (Lipinski definition) is 3. The summed E-state index contributed by atoms with van der Waals surface area (Å²) in [4.78, 5) is 23.5. The average Bonchev–Trinajstić information content (AvgIpc) is 2.56. The van der Waals surface area contributed by atoms with Crippen molar-refractivity contribution in [2.24, 2.45) is 11.7 Å². The molecule has 23 heavy (non-hydrogen) atoms. The number of rotatable bonds is 5. The molecule has 0 spiro atoms. The molecule has 1 aromatic rings. The third-order valence-electron chi connectivity index (χ3n) is 3.86. The van der Waals surface area contributed by atoms with E-state index in [0.717, 1.165) is 25.9 Å². The molecule has 1 fully saturated rings. The molecule has 1 aliphatic rings. The lowest BCUT2D eigenvalue weighted by Gasteiger charge is -2.31. The Kier molecular flexibility index (Phi) is 6.37. The van der Waals surface area contributed by atoms with Gasteiger partial charge in [0, 0.05) is 18.8 Å². The second-order valence-corrected chi connectivity index (χ2v) is 5.53. The molecular weight excluding hydrogens is 296 g/mol. The van der Waals surface area contributed by atoms with Crippen LogP contribution in [0.2, 0.25) is 0 Å². The molecule has 2 rings (SSSR count). The van der Waals surface area contributed by atoms with Crippen LogP contribution in [0.5, 0.6) is 0 Å². The fraction of sp³-hybridized carbons (Fsp3) is 0.500. The van der Waals surface area contributed by atoms with Crippen molar-refractivity contribution in [3.8, 4) is 0 Å². The first-order valence-electron chi connectivity index (χ1n) is 7.92. The monoisotopic (exact) mass is 320 g/mol. The summed E-state index contributed by atoms with van der Waals surface area (Å²) < 4.78 is 4.91. The van der Waals surface area contributed by atoms with Crippen molar-refractivity contribution in [1.29, 1.82) is 0 Å². The first kappa shape index (κ1) is 17.2. The minimum Gasteiger partial charge on any atom is -0.462 e. The molecule has 1 aromatic carbocycles. The molecular formula is C16H24N4O3. The highest BCUT2D eigenvalue weighted by atomic mass is 16.5. The van der Waals surface area contributed by atoms with Crippen molar-refractivity contribution in [3.05, 3.63) is 29.8 Å². The summed E-state index contributed by atoms with van der Waals surface area (Å²) in [7, 11) is 0. The summed E-state index contributed by atoms with van der Waals surface area (Å²) in [6.45, 7) is 4.40. The average molecular weight is 320 g/mol. The van der Waals surface area contributed by atoms with Crippen LogP contribution in [-0.2, 0) is 4.74 Å². The predicted molar refractivity (Wildman–Crippen MR) is 87.9 cm³/mol. The minimum atomic E-state index is -0.369. The van der Waals surface area contributed by atoms with Gasteiger partial charge in [-0.2, -0.15) is 0 Å². The van der Waals surface area contributed by atoms with E-state index in [2.05, 4.69) is 10.7 Å². The van der Waals surface area contributed by atoms with Crippen LogP contribution in [0.1, 0.15) is 30.1 Å². The Bertz CT molecular complexity index is 525. The first-order chi connectivity index (χ1) is 11.1. The molecule has 1 aliphatic heterocycles. The first-order valence-corrected chi connectivity index (χ1v) is 7.92. The molecule has 0 aliphatic carbocycles. The number of hydrazine groups is 1. The van der Waals surface area contributed by atoms with Gasteiger partial charge < -0.3 is 15.8 Å². The zero-order valence-electron chi connectivity index (χ0n) is 13.4. The Labute approximate surface area is 136 Å². The van der Waals surface area contributed by atoms with E-state index >= 15 is 0 Å². The highest BCUT2D eigenvalue weighted by Gasteiger charge is 2.19. The molecule has 7 nitrogen and oxygen atoms in total. The Balaban J connectivity index is 1.80. The normalized spacial score (nSPS) is 15.9. The third-order valence-corrected chi connectivity index (χ3v) is 3.86. The molecule has 1 heterocycles. The van der Waals surface area contributed by atoms with Crippen LogP contribution >= 0.6 is 0 Å². The zero-order valence-corrected chi connectivity index (χ0v) is 13.4. The molecule has 0 radical (unpaired) electrons. The molecule has 1 saturated heterocycles. The van der Waals surface area contributed by atoms with Crippen molar-refractivity contribution in [1.82, 2.24) is 10.4 Å². The maximum absolute atomic E-state index is 12.0. The Morgan fingerprint density at radius 3 is 2.48 bits per heavy atom. The van der Waals surface area contributed by atoms with Crippen LogP contribution in [0.25, 0.3) is 0 Å². The Morgan fingerprint density at radius 2 is 1.91 bits per heavy atom. The van der Waals surface area contributed by atoms with Crippen LogP contribution in [0, 0.1) is 5.92 Å². The highest BCUT2D eigenvalue weighted by molar-refractivity contribution is 5.92. The minimum absolute atomic E-state index is 0.292. The van der Waals surface area contributed by atoms with Gasteiger partial charge in [0.25, 0.3) is 0 Å². The van der Waals surface area contributed by atoms with E-state index in [4.69, 9.17) is 10.5 Å². The number of urea groups is 1. The molecule has 0 aromatic heterocycles. The molecule has 2 amide bonds. The number of carbonyl (C=O) groups is 2. The smallest absolute Gasteiger partial charge is 0.338 e. The lowest BCUT2D eigenvalue weighted by atomic mass is 9.98. The summed E-state index contributed by atoms with van der Waals surface area (Å²) in [6.07, 6.45) is 1.98. The highest BCUT2D eigenvalue weighted by Crippen LogP contribution is 2.14. The number of nitrogens with one attached hydrogen (secondary N) is 2. The molecule has 0 unspecified atom stereocenters. The number of hydrogen-bond acceptors (Lipinski definition) is 5. The Morgan fingerprint density at radius 1 is 1.26 bits per heavy atom. The summed E-state index contributed by atoms with van der Waals surface area (Å²) in [5.74, 6) is 0.179. The molecule has 0 bridgehead atoms. The van der Waals surface area contributed by atoms with Crippen molar-refractivity contribution < 1.29 is 14.3 Å². The predicted octanol–water partition coefficient (Wildman–Crippen LogP) is 1.57. The molecule has 0 atom stereocenters. The van der Waals surface area contributed by atoms with E-state index in [1.807, 2.05) is 5.01 Å². The molecule has 0 saturated carbocycles. The van der Waals surface area contributed by atoms with Gasteiger partial charge in [0.2, 0.25) is 0 Å². The number of piperidine rings is 1. The molecule has 7 heteroatoms. The number of benzene rings is 1. The summed E-state index contributed by atoms with van der Waals surface area (Å²) in [5.41, 5.74) is 9.55. The van der Waals surface area contributed by atoms with Crippen LogP contribution < -0.4 is 16.5 Å². The second kappa shape index (κ2) is 8.50. The number of nitrogens with two attached hydrogens (primary N) is 1. The topological polar surface area (TPSA) is 96.7 Å². The second-order valence-electron chi connectivity index (χ2n) is 5.53. The molecule has 4 N–H and O–H groups in total. The third kappa shape index (κ3) is 5.22. The van der Waals surface area contributed by atoms with Crippen molar-refractivity contribution >= 4 is 17.7 Å². The lowest BCUT2D eigenvalue weighted by Crippen LogP contribution is -2.48. The van der Waals surface area contributed by atoms with Gasteiger partial charge in [-0.1, -0.05) is 0 Å². The van der Waals surface area contributed by atoms with E-state index in [9.17, 15) is 9.59 Å². The van der Waals surface area contributed by atoms with Crippen LogP contribution in [-0.4, -0.2) is 43.3 Å². The SMILES string of the molecule is CCOC(=O)c1ccc(NC(=O)NN2CCC(CN)CC2)cc1. The summed E-state index contributed by atoms with van der Waals surface area (Å²) >= 11 is 0. The quantitative estimate of drug-likeness (QED) is 0.716. The van der Waals surface area contributed by atoms with Crippen molar-refractivity contribution in [2.45, 2.75) is 19.8 Å². The van der Waals surface area contributed by atoms with Crippen molar-refractivity contribution in [3.63, 3.8) is 0 Å². The number of amides is 2. The number of ether oxygens (including phenoxy) is 1. The maximum Gasteiger partial charge on any atom is 0.338 e. The summed E-state index contributed by atoms with van der Waals surface area (Å²) in [6, 6.07) is 6.31. The largest absolute Gasteiger partial charge is 0.462 e. The number of carbonyl (C=O) groups excluding carboxylic acids is 2. The van der Waals surface area contributed by atoms with E-state index in [1.54, 1.807) is 31.2 Å². The van der Waals surface area contributed by atoms with Gasteiger partial charge in [-0.3, -0.25) is 5.43 Å². The Hall–Kier alpha value is -2.12. The van der Waals surface area contributed by atoms with Gasteiger partial charge in [-0.25, -0.2) is 14.6 Å². The van der Waals surface area contributed by atoms with E-state index in [1.165, 1.54) is 0 Å². The van der Waals surface area contributed by atoms with Gasteiger partial charge in [0.15, 0.2) is 0 Å². The lowest BCUT2D eigenvalue weighted by molar-refractivity contribution is 0.0526. The van der Waals surface area contributed by atoms with Crippen LogP contribution in [0.4, 0.5) is 10.5 Å². The fourth-order valence-corrected chi connectivity index (χ4v) is 2.49. The maximum atomic E-state index is 12.0. The van der Waals surface area contributed by atoms with Gasteiger partial charge in [0.05, 0.1) is 12.2 Å². The van der Waals surface area contributed by atoms with Crippen LogP contribution in [0.15, 0.2) is 24.3 Å². The summed E-state index contributed by atoms with van der Waals surface area (Å²) in [5, 5.41) is 4.64. The standard InChI is InChI=1S/C16H24N4O3/c1-2-23-15(21)13-3-5-14(6-4-13)18-16(22)19-20-9-7-12(11-17)8-10-20/h3-6,12H,2,7-11,17H2,1H3,(H2,18,19,22). The van der Waals surface area contributed by atoms with Crippen LogP contribution in [0.3, 0.4) is 0 Å². The number of esters is 1. The number of nitrogens with zero attached hydrogens (tertiary/aromatic N) is 1. The van der Waals surface area contributed by atoms with Crippen molar-refractivity contribution in [2.75, 3.05) is 31.6 Å². The van der Waals surface area contributed by atoms with Gasteiger partial charge >= 0.3 is 12.0 Å².